The van der Waals surface area contributed by atoms with Gasteiger partial charge in [-0.05, 0) is 64.2 Å². The predicted molar refractivity (Wildman–Crippen MR) is 288 cm³/mol. The van der Waals surface area contributed by atoms with Crippen LogP contribution in [-0.2, 0) is 9.47 Å². The van der Waals surface area contributed by atoms with Gasteiger partial charge in [0.2, 0.25) is 0 Å². The minimum atomic E-state index is -0.382. The maximum Gasteiger partial charge on any atom is 0.341 e. The lowest BCUT2D eigenvalue weighted by Crippen LogP contribution is -2.14. The molecule has 0 fully saturated rings. The lowest BCUT2D eigenvalue weighted by Gasteiger charge is -2.16. The number of carbonyl (C=O) groups excluding carboxylic acids is 2. The fourth-order valence-electron chi connectivity index (χ4n) is 9.18. The monoisotopic (exact) mass is 933 g/mol. The van der Waals surface area contributed by atoms with Gasteiger partial charge in [0.15, 0.2) is 0 Å². The van der Waals surface area contributed by atoms with E-state index in [4.69, 9.17) is 18.9 Å². The Balaban J connectivity index is 1.14. The summed E-state index contributed by atoms with van der Waals surface area (Å²) in [5.74, 6) is 0.136. The van der Waals surface area contributed by atoms with E-state index in [1.165, 1.54) is 180 Å². The highest BCUT2D eigenvalue weighted by molar-refractivity contribution is 5.99. The molecule has 0 aliphatic heterocycles. The second-order valence-corrected chi connectivity index (χ2v) is 19.6. The Kier molecular flexibility index (Phi) is 30.3. The summed E-state index contributed by atoms with van der Waals surface area (Å²) in [6.45, 7) is 9.83. The van der Waals surface area contributed by atoms with Gasteiger partial charge in [0.05, 0.1) is 13.2 Å². The maximum absolute atomic E-state index is 13.5. The molecule has 4 aromatic carbocycles. The van der Waals surface area contributed by atoms with Gasteiger partial charge in [-0.2, -0.15) is 0 Å². The molecule has 0 aromatic heterocycles. The molecule has 0 aliphatic carbocycles. The molecule has 0 unspecified atom stereocenters. The van der Waals surface area contributed by atoms with Crippen LogP contribution < -0.4 is 9.47 Å². The molecule has 0 atom stereocenters. The Morgan fingerprint density at radius 3 is 0.897 bits per heavy atom. The van der Waals surface area contributed by atoms with E-state index in [1.54, 1.807) is 0 Å². The number of unbranched alkanes of at least 4 members (excludes halogenated alkanes) is 30. The van der Waals surface area contributed by atoms with E-state index in [9.17, 15) is 9.59 Å². The summed E-state index contributed by atoms with van der Waals surface area (Å²) in [7, 11) is 0. The molecular weight excluding hydrogens is 841 g/mol. The molecule has 6 heteroatoms. The summed E-state index contributed by atoms with van der Waals surface area (Å²) in [5, 5.41) is 3.83. The van der Waals surface area contributed by atoms with Crippen molar-refractivity contribution in [2.45, 2.75) is 219 Å². The third-order valence-electron chi connectivity index (χ3n) is 13.5. The lowest BCUT2D eigenvalue weighted by atomic mass is 10.0. The van der Waals surface area contributed by atoms with Gasteiger partial charge >= 0.3 is 11.9 Å². The molecule has 0 N–H and O–H groups in total. The Labute approximate surface area is 413 Å². The Bertz CT molecular complexity index is 1830. The van der Waals surface area contributed by atoms with Gasteiger partial charge in [0.1, 0.15) is 35.8 Å². The second-order valence-electron chi connectivity index (χ2n) is 19.6. The third kappa shape index (κ3) is 23.8. The largest absolute Gasteiger partial charge is 0.488 e. The van der Waals surface area contributed by atoms with Gasteiger partial charge in [0, 0.05) is 0 Å². The van der Waals surface area contributed by atoms with Crippen molar-refractivity contribution in [2.24, 2.45) is 0 Å². The van der Waals surface area contributed by atoms with Crippen molar-refractivity contribution in [3.8, 4) is 11.5 Å². The smallest absolute Gasteiger partial charge is 0.341 e. The number of rotatable bonds is 42. The average molecular weight is 933 g/mol. The van der Waals surface area contributed by atoms with Crippen LogP contribution in [0.5, 0.6) is 11.5 Å². The minimum Gasteiger partial charge on any atom is -0.488 e. The van der Waals surface area contributed by atoms with Crippen molar-refractivity contribution in [1.29, 1.82) is 0 Å². The van der Waals surface area contributed by atoms with Gasteiger partial charge in [-0.15, -0.1) is 0 Å². The zero-order valence-corrected chi connectivity index (χ0v) is 43.0. The van der Waals surface area contributed by atoms with Crippen molar-refractivity contribution < 1.29 is 28.5 Å². The van der Waals surface area contributed by atoms with Crippen LogP contribution in [0.15, 0.2) is 84.9 Å². The SMILES string of the molecule is C=C(COc1cc2ccccc2cc1C(=O)OCCCCCCCCCCCCCCCCCC)COc1cc2ccccc2cc1C(=O)OCCCCCCCCCCCCCCCCCC. The van der Waals surface area contributed by atoms with E-state index in [-0.39, 0.29) is 25.2 Å². The van der Waals surface area contributed by atoms with E-state index in [0.717, 1.165) is 47.2 Å². The normalized spacial score (nSPS) is 11.3. The van der Waals surface area contributed by atoms with Gasteiger partial charge in [0.25, 0.3) is 0 Å². The fourth-order valence-corrected chi connectivity index (χ4v) is 9.18. The Morgan fingerprint density at radius 1 is 0.368 bits per heavy atom. The first kappa shape index (κ1) is 56.3. The first-order valence-corrected chi connectivity index (χ1v) is 27.8. The summed E-state index contributed by atoms with van der Waals surface area (Å²) < 4.78 is 24.1. The van der Waals surface area contributed by atoms with Crippen molar-refractivity contribution in [1.82, 2.24) is 0 Å². The van der Waals surface area contributed by atoms with E-state index >= 15 is 0 Å². The highest BCUT2D eigenvalue weighted by Crippen LogP contribution is 2.30. The summed E-state index contributed by atoms with van der Waals surface area (Å²) in [4.78, 5) is 27.0. The van der Waals surface area contributed by atoms with Crippen LogP contribution in [0.25, 0.3) is 21.5 Å². The maximum atomic E-state index is 13.5. The van der Waals surface area contributed by atoms with E-state index in [0.29, 0.717) is 41.4 Å². The molecule has 6 nitrogen and oxygen atoms in total. The number of hydrogen-bond donors (Lipinski definition) is 0. The van der Waals surface area contributed by atoms with Gasteiger partial charge in [-0.1, -0.05) is 262 Å². The summed E-state index contributed by atoms with van der Waals surface area (Å²) in [6.07, 6.45) is 41.6. The molecule has 376 valence electrons. The van der Waals surface area contributed by atoms with E-state index < -0.39 is 0 Å². The number of esters is 2. The second kappa shape index (κ2) is 36.6. The molecule has 0 saturated heterocycles. The van der Waals surface area contributed by atoms with Crippen LogP contribution in [0.2, 0.25) is 0 Å². The van der Waals surface area contributed by atoms with Crippen molar-refractivity contribution in [3.05, 3.63) is 96.1 Å². The highest BCUT2D eigenvalue weighted by atomic mass is 16.5. The summed E-state index contributed by atoms with van der Waals surface area (Å²) >= 11 is 0. The number of ether oxygens (including phenoxy) is 4. The van der Waals surface area contributed by atoms with Gasteiger partial charge < -0.3 is 18.9 Å². The standard InChI is InChI=1S/C62H92O6/c1-4-6-8-10-12-14-16-18-20-22-24-26-28-30-32-38-44-65-61(63)57-46-53-40-34-36-42-55(53)48-59(57)67-50-52(3)51-68-60-49-56-43-37-35-41-54(56)47-58(60)62(64)66-45-39-33-31-29-27-25-23-21-19-17-15-13-11-9-7-5-2/h34-37,40-43,46-49H,3-33,38-39,44-45,50-51H2,1-2H3. The molecule has 4 rings (SSSR count). The van der Waals surface area contributed by atoms with Crippen LogP contribution in [-0.4, -0.2) is 38.4 Å². The first-order chi connectivity index (χ1) is 33.5. The molecule has 0 bridgehead atoms. The molecule has 0 aliphatic rings. The molecule has 4 aromatic rings. The van der Waals surface area contributed by atoms with Crippen molar-refractivity contribution in [2.75, 3.05) is 26.4 Å². The highest BCUT2D eigenvalue weighted by Gasteiger charge is 2.19. The zero-order chi connectivity index (χ0) is 48.1. The van der Waals surface area contributed by atoms with Crippen LogP contribution in [0.1, 0.15) is 240 Å². The number of benzene rings is 4. The fraction of sp³-hybridized carbons (Fsp3) is 0.613. The lowest BCUT2D eigenvalue weighted by molar-refractivity contribution is 0.0484. The predicted octanol–water partition coefficient (Wildman–Crippen LogP) is 18.8. The van der Waals surface area contributed by atoms with Crippen LogP contribution in [0.4, 0.5) is 0 Å². The number of carbonyl (C=O) groups is 2. The summed E-state index contributed by atoms with van der Waals surface area (Å²) in [5.41, 5.74) is 1.46. The van der Waals surface area contributed by atoms with Gasteiger partial charge in [-0.3, -0.25) is 0 Å². The van der Waals surface area contributed by atoms with Gasteiger partial charge in [-0.25, -0.2) is 9.59 Å². The molecule has 68 heavy (non-hydrogen) atoms. The molecule has 0 amide bonds. The molecular formula is C62H92O6. The molecule has 0 heterocycles. The Hall–Kier alpha value is -4.32. The molecule has 0 spiro atoms. The zero-order valence-electron chi connectivity index (χ0n) is 43.0. The van der Waals surface area contributed by atoms with Crippen LogP contribution in [0.3, 0.4) is 0 Å². The van der Waals surface area contributed by atoms with E-state index in [2.05, 4.69) is 20.4 Å². The summed E-state index contributed by atoms with van der Waals surface area (Å²) in [6, 6.07) is 23.4. The van der Waals surface area contributed by atoms with Crippen LogP contribution in [0, 0.1) is 0 Å². The van der Waals surface area contributed by atoms with Crippen molar-refractivity contribution in [3.63, 3.8) is 0 Å². The van der Waals surface area contributed by atoms with Crippen LogP contribution >= 0.6 is 0 Å². The molecule has 0 saturated carbocycles. The molecule has 0 radical (unpaired) electrons. The minimum absolute atomic E-state index is 0.129. The number of fused-ring (bicyclic) bond motifs is 2. The topological polar surface area (TPSA) is 71.1 Å². The van der Waals surface area contributed by atoms with E-state index in [1.807, 2.05) is 72.8 Å². The number of hydrogen-bond acceptors (Lipinski definition) is 6. The third-order valence-corrected chi connectivity index (χ3v) is 13.5. The quantitative estimate of drug-likeness (QED) is 0.0250. The first-order valence-electron chi connectivity index (χ1n) is 27.8. The van der Waals surface area contributed by atoms with Crippen molar-refractivity contribution >= 4 is 33.5 Å². The Morgan fingerprint density at radius 2 is 0.618 bits per heavy atom. The average Bonchev–Trinajstić information content (AvgIpc) is 3.36.